The third kappa shape index (κ3) is 3.36. The SMILES string of the molecule is Cc1cnc(C)c(N2CCN(c3nnc(C(F)(F)F)s3)CC2)n1. The van der Waals surface area contributed by atoms with Crippen LogP contribution in [0.3, 0.4) is 0 Å². The summed E-state index contributed by atoms with van der Waals surface area (Å²) in [5.41, 5.74) is 1.69. The van der Waals surface area contributed by atoms with Gasteiger partial charge in [-0.25, -0.2) is 4.98 Å². The van der Waals surface area contributed by atoms with Crippen LogP contribution >= 0.6 is 11.3 Å². The second-order valence-electron chi connectivity index (χ2n) is 5.28. The van der Waals surface area contributed by atoms with Gasteiger partial charge in [0.25, 0.3) is 0 Å². The first-order chi connectivity index (χ1) is 10.8. The first kappa shape index (κ1) is 15.9. The minimum Gasteiger partial charge on any atom is -0.352 e. The summed E-state index contributed by atoms with van der Waals surface area (Å²) in [5, 5.41) is 6.30. The molecule has 1 aliphatic heterocycles. The third-order valence-electron chi connectivity index (χ3n) is 3.56. The number of halogens is 3. The van der Waals surface area contributed by atoms with Crippen LogP contribution in [0.5, 0.6) is 0 Å². The molecule has 23 heavy (non-hydrogen) atoms. The number of hydrogen-bond acceptors (Lipinski definition) is 7. The zero-order chi connectivity index (χ0) is 16.6. The van der Waals surface area contributed by atoms with Crippen LogP contribution in [0, 0.1) is 13.8 Å². The second-order valence-corrected chi connectivity index (χ2v) is 6.24. The molecule has 1 fully saturated rings. The van der Waals surface area contributed by atoms with Gasteiger partial charge in [0, 0.05) is 32.4 Å². The zero-order valence-corrected chi connectivity index (χ0v) is 13.4. The van der Waals surface area contributed by atoms with Crippen LogP contribution in [0.15, 0.2) is 6.20 Å². The van der Waals surface area contributed by atoms with Gasteiger partial charge < -0.3 is 9.80 Å². The predicted octanol–water partition coefficient (Wildman–Crippen LogP) is 2.29. The Hall–Kier alpha value is -1.97. The summed E-state index contributed by atoms with van der Waals surface area (Å²) < 4.78 is 37.8. The van der Waals surface area contributed by atoms with E-state index in [-0.39, 0.29) is 0 Å². The molecule has 1 aliphatic rings. The number of piperazine rings is 1. The van der Waals surface area contributed by atoms with Crippen LogP contribution in [0.2, 0.25) is 0 Å². The van der Waals surface area contributed by atoms with Gasteiger partial charge in [-0.3, -0.25) is 4.98 Å². The molecule has 124 valence electrons. The molecule has 0 atom stereocenters. The zero-order valence-electron chi connectivity index (χ0n) is 12.6. The standard InChI is InChI=1S/C13H15F3N6S/c1-8-7-17-9(2)10(18-8)21-3-5-22(6-4-21)12-20-19-11(23-12)13(14,15)16/h7H,3-6H2,1-2H3. The lowest BCUT2D eigenvalue weighted by atomic mass is 10.3. The topological polar surface area (TPSA) is 58.0 Å². The minimum absolute atomic E-state index is 0.309. The van der Waals surface area contributed by atoms with E-state index in [1.165, 1.54) is 0 Å². The maximum atomic E-state index is 12.6. The van der Waals surface area contributed by atoms with Gasteiger partial charge in [-0.1, -0.05) is 11.3 Å². The molecule has 0 aliphatic carbocycles. The van der Waals surface area contributed by atoms with Crippen molar-refractivity contribution in [2.45, 2.75) is 20.0 Å². The van der Waals surface area contributed by atoms with Crippen LogP contribution in [-0.4, -0.2) is 46.3 Å². The van der Waals surface area contributed by atoms with Crippen molar-refractivity contribution in [3.63, 3.8) is 0 Å². The van der Waals surface area contributed by atoms with Gasteiger partial charge in [0.2, 0.25) is 10.1 Å². The maximum absolute atomic E-state index is 12.6. The summed E-state index contributed by atoms with van der Waals surface area (Å²) >= 11 is 0.581. The number of hydrogen-bond donors (Lipinski definition) is 0. The molecule has 2 aromatic rings. The fourth-order valence-corrected chi connectivity index (χ4v) is 3.16. The van der Waals surface area contributed by atoms with E-state index < -0.39 is 11.2 Å². The van der Waals surface area contributed by atoms with E-state index in [2.05, 4.69) is 25.1 Å². The number of aromatic nitrogens is 4. The van der Waals surface area contributed by atoms with Gasteiger partial charge in [0.1, 0.15) is 5.82 Å². The number of rotatable bonds is 2. The highest BCUT2D eigenvalue weighted by Gasteiger charge is 2.36. The van der Waals surface area contributed by atoms with Crippen LogP contribution in [0.4, 0.5) is 24.1 Å². The Morgan fingerprint density at radius 2 is 1.70 bits per heavy atom. The predicted molar refractivity (Wildman–Crippen MR) is 80.8 cm³/mol. The lowest BCUT2D eigenvalue weighted by Crippen LogP contribution is -2.47. The molecular weight excluding hydrogens is 329 g/mol. The molecule has 0 aromatic carbocycles. The summed E-state index contributed by atoms with van der Waals surface area (Å²) in [6, 6.07) is 0. The fraction of sp³-hybridized carbons (Fsp3) is 0.538. The molecule has 0 radical (unpaired) electrons. The highest BCUT2D eigenvalue weighted by atomic mass is 32.1. The minimum atomic E-state index is -4.44. The van der Waals surface area contributed by atoms with Gasteiger partial charge >= 0.3 is 6.18 Å². The van der Waals surface area contributed by atoms with E-state index in [0.717, 1.165) is 17.2 Å². The molecule has 6 nitrogen and oxygen atoms in total. The van der Waals surface area contributed by atoms with Gasteiger partial charge in [0.15, 0.2) is 0 Å². The Bertz CT molecular complexity index is 693. The van der Waals surface area contributed by atoms with Crippen molar-refractivity contribution in [2.24, 2.45) is 0 Å². The largest absolute Gasteiger partial charge is 0.445 e. The van der Waals surface area contributed by atoms with Crippen molar-refractivity contribution in [3.05, 3.63) is 22.6 Å². The summed E-state index contributed by atoms with van der Waals surface area (Å²) in [6.45, 7) is 6.23. The molecule has 2 aromatic heterocycles. The quantitative estimate of drug-likeness (QED) is 0.833. The molecule has 1 saturated heterocycles. The van der Waals surface area contributed by atoms with Crippen molar-refractivity contribution in [1.82, 2.24) is 20.2 Å². The molecule has 0 spiro atoms. The van der Waals surface area contributed by atoms with Crippen molar-refractivity contribution in [2.75, 3.05) is 36.0 Å². The van der Waals surface area contributed by atoms with Crippen molar-refractivity contribution in [3.8, 4) is 0 Å². The molecule has 0 saturated carbocycles. The summed E-state index contributed by atoms with van der Waals surface area (Å²) in [4.78, 5) is 12.7. The molecular formula is C13H15F3N6S. The summed E-state index contributed by atoms with van der Waals surface area (Å²) in [7, 11) is 0. The van der Waals surface area contributed by atoms with Gasteiger partial charge in [-0.05, 0) is 13.8 Å². The van der Waals surface area contributed by atoms with E-state index in [0.29, 0.717) is 42.6 Å². The van der Waals surface area contributed by atoms with Gasteiger partial charge in [0.05, 0.1) is 11.4 Å². The van der Waals surface area contributed by atoms with Crippen LogP contribution < -0.4 is 9.80 Å². The number of nitrogens with zero attached hydrogens (tertiary/aromatic N) is 6. The Balaban J connectivity index is 1.69. The van der Waals surface area contributed by atoms with Crippen molar-refractivity contribution < 1.29 is 13.2 Å². The first-order valence-corrected chi connectivity index (χ1v) is 7.87. The smallest absolute Gasteiger partial charge is 0.352 e. The molecule has 0 N–H and O–H groups in total. The van der Waals surface area contributed by atoms with Gasteiger partial charge in [-0.2, -0.15) is 13.2 Å². The normalized spacial score (nSPS) is 16.0. The summed E-state index contributed by atoms with van der Waals surface area (Å²) in [6.07, 6.45) is -2.72. The molecule has 0 amide bonds. The molecule has 0 unspecified atom stereocenters. The monoisotopic (exact) mass is 344 g/mol. The molecule has 3 heterocycles. The lowest BCUT2D eigenvalue weighted by Gasteiger charge is -2.35. The number of anilines is 2. The highest BCUT2D eigenvalue weighted by molar-refractivity contribution is 7.15. The summed E-state index contributed by atoms with van der Waals surface area (Å²) in [5.74, 6) is 0.831. The Labute approximate surface area is 135 Å². The van der Waals surface area contributed by atoms with Crippen LogP contribution in [0.1, 0.15) is 16.4 Å². The molecule has 0 bridgehead atoms. The molecule has 3 rings (SSSR count). The van der Waals surface area contributed by atoms with E-state index in [9.17, 15) is 13.2 Å². The number of aryl methyl sites for hydroxylation is 2. The van der Waals surface area contributed by atoms with Crippen LogP contribution in [0.25, 0.3) is 0 Å². The average Bonchev–Trinajstić information content (AvgIpc) is 3.00. The van der Waals surface area contributed by atoms with E-state index >= 15 is 0 Å². The maximum Gasteiger partial charge on any atom is 0.445 e. The molecule has 10 heteroatoms. The first-order valence-electron chi connectivity index (χ1n) is 7.05. The Morgan fingerprint density at radius 3 is 2.30 bits per heavy atom. The van der Waals surface area contributed by atoms with Crippen molar-refractivity contribution >= 4 is 22.3 Å². The van der Waals surface area contributed by atoms with Crippen LogP contribution in [-0.2, 0) is 6.18 Å². The highest BCUT2D eigenvalue weighted by Crippen LogP contribution is 2.34. The van der Waals surface area contributed by atoms with Gasteiger partial charge in [-0.15, -0.1) is 10.2 Å². The lowest BCUT2D eigenvalue weighted by molar-refractivity contribution is -0.138. The Kier molecular flexibility index (Phi) is 4.09. The van der Waals surface area contributed by atoms with E-state index in [1.807, 2.05) is 18.7 Å². The third-order valence-corrected chi connectivity index (χ3v) is 4.59. The fourth-order valence-electron chi connectivity index (χ4n) is 2.39. The second kappa shape index (κ2) is 5.91. The Morgan fingerprint density at radius 1 is 1.04 bits per heavy atom. The van der Waals surface area contributed by atoms with Crippen molar-refractivity contribution in [1.29, 1.82) is 0 Å². The number of alkyl halides is 3. The van der Waals surface area contributed by atoms with E-state index in [1.54, 1.807) is 6.20 Å². The van der Waals surface area contributed by atoms with E-state index in [4.69, 9.17) is 0 Å². The average molecular weight is 344 g/mol.